The molecule has 0 fully saturated rings. The summed E-state index contributed by atoms with van der Waals surface area (Å²) >= 11 is 5.58. The summed E-state index contributed by atoms with van der Waals surface area (Å²) in [5.74, 6) is 0.871. The van der Waals surface area contributed by atoms with Crippen molar-refractivity contribution in [2.75, 3.05) is 13.7 Å². The van der Waals surface area contributed by atoms with Crippen LogP contribution in [0.25, 0.3) is 22.5 Å². The summed E-state index contributed by atoms with van der Waals surface area (Å²) in [6, 6.07) is 17.1. The first-order valence-electron chi connectivity index (χ1n) is 9.60. The van der Waals surface area contributed by atoms with E-state index in [9.17, 15) is 4.79 Å². The van der Waals surface area contributed by atoms with E-state index < -0.39 is 5.24 Å². The summed E-state index contributed by atoms with van der Waals surface area (Å²) in [6.45, 7) is 2.74. The molecule has 1 aromatic heterocycles. The average molecular weight is 421 g/mol. The van der Waals surface area contributed by atoms with Crippen molar-refractivity contribution in [3.8, 4) is 11.4 Å². The predicted octanol–water partition coefficient (Wildman–Crippen LogP) is 5.64. The maximum absolute atomic E-state index is 11.4. The standard InChI is InChI=1S/C24H21ClN2O3/c1-24(15-29-2)14-19(11-12-20(24)16-7-4-3-5-8-16)23-26-22(27-30-23)18-10-6-9-17(13-18)21(25)28/h3-13H,14-15H2,1-2H3. The Kier molecular flexibility index (Phi) is 5.66. The second-order valence-electron chi connectivity index (χ2n) is 7.59. The van der Waals surface area contributed by atoms with E-state index in [4.69, 9.17) is 20.9 Å². The Morgan fingerprint density at radius 1 is 1.13 bits per heavy atom. The van der Waals surface area contributed by atoms with Gasteiger partial charge in [0.1, 0.15) is 0 Å². The highest BCUT2D eigenvalue weighted by molar-refractivity contribution is 6.67. The Morgan fingerprint density at radius 3 is 2.63 bits per heavy atom. The fraction of sp³-hybridized carbons (Fsp3) is 0.208. The van der Waals surface area contributed by atoms with Gasteiger partial charge in [-0.1, -0.05) is 72.8 Å². The number of carbonyl (C=O) groups is 1. The monoisotopic (exact) mass is 420 g/mol. The van der Waals surface area contributed by atoms with Crippen molar-refractivity contribution in [2.24, 2.45) is 5.41 Å². The van der Waals surface area contributed by atoms with Crippen LogP contribution in [0.4, 0.5) is 0 Å². The number of hydrogen-bond acceptors (Lipinski definition) is 5. The van der Waals surface area contributed by atoms with E-state index >= 15 is 0 Å². The SMILES string of the molecule is COCC1(C)CC(c2nc(-c3cccc(C(=O)Cl)c3)no2)=CC=C1c1ccccc1. The molecule has 6 heteroatoms. The number of carbonyl (C=O) groups excluding carboxylic acids is 1. The number of aromatic nitrogens is 2. The van der Waals surface area contributed by atoms with Gasteiger partial charge < -0.3 is 9.26 Å². The third kappa shape index (κ3) is 3.99. The smallest absolute Gasteiger partial charge is 0.254 e. The van der Waals surface area contributed by atoms with Crippen LogP contribution in [-0.4, -0.2) is 29.1 Å². The number of rotatable bonds is 6. The van der Waals surface area contributed by atoms with Gasteiger partial charge in [-0.15, -0.1) is 0 Å². The Labute approximate surface area is 180 Å². The predicted molar refractivity (Wildman–Crippen MR) is 117 cm³/mol. The van der Waals surface area contributed by atoms with E-state index in [-0.39, 0.29) is 5.41 Å². The fourth-order valence-corrected chi connectivity index (χ4v) is 3.99. The van der Waals surface area contributed by atoms with Gasteiger partial charge in [-0.05, 0) is 35.2 Å². The van der Waals surface area contributed by atoms with Crippen molar-refractivity contribution >= 4 is 28.0 Å². The van der Waals surface area contributed by atoms with Crippen molar-refractivity contribution in [2.45, 2.75) is 13.3 Å². The van der Waals surface area contributed by atoms with Gasteiger partial charge >= 0.3 is 0 Å². The van der Waals surface area contributed by atoms with Gasteiger partial charge in [-0.25, -0.2) is 0 Å². The van der Waals surface area contributed by atoms with Crippen molar-refractivity contribution in [3.05, 3.63) is 83.8 Å². The lowest BCUT2D eigenvalue weighted by molar-refractivity contribution is 0.108. The molecular formula is C24H21ClN2O3. The minimum atomic E-state index is -0.524. The molecule has 1 heterocycles. The zero-order valence-corrected chi connectivity index (χ0v) is 17.5. The highest BCUT2D eigenvalue weighted by Crippen LogP contribution is 2.45. The van der Waals surface area contributed by atoms with Crippen molar-refractivity contribution in [1.82, 2.24) is 10.1 Å². The lowest BCUT2D eigenvalue weighted by Crippen LogP contribution is -2.27. The third-order valence-electron chi connectivity index (χ3n) is 5.28. The first-order chi connectivity index (χ1) is 14.5. The van der Waals surface area contributed by atoms with E-state index in [0.29, 0.717) is 35.9 Å². The molecule has 0 spiro atoms. The largest absolute Gasteiger partial charge is 0.384 e. The van der Waals surface area contributed by atoms with Crippen LogP contribution in [0.2, 0.25) is 0 Å². The van der Waals surface area contributed by atoms with Crippen LogP contribution in [0, 0.1) is 5.41 Å². The number of nitrogens with zero attached hydrogens (tertiary/aromatic N) is 2. The third-order valence-corrected chi connectivity index (χ3v) is 5.50. The summed E-state index contributed by atoms with van der Waals surface area (Å²) in [4.78, 5) is 16.0. The van der Waals surface area contributed by atoms with Crippen LogP contribution in [0.1, 0.15) is 35.2 Å². The summed E-state index contributed by atoms with van der Waals surface area (Å²) in [5.41, 5.74) is 4.15. The molecule has 1 atom stereocenters. The molecule has 1 unspecified atom stereocenters. The van der Waals surface area contributed by atoms with E-state index in [0.717, 1.165) is 5.57 Å². The zero-order chi connectivity index (χ0) is 21.1. The molecule has 30 heavy (non-hydrogen) atoms. The second kappa shape index (κ2) is 8.38. The normalized spacial score (nSPS) is 18.6. The van der Waals surface area contributed by atoms with E-state index in [2.05, 4.69) is 35.3 Å². The molecule has 1 aliphatic carbocycles. The Morgan fingerprint density at radius 2 is 1.90 bits per heavy atom. The van der Waals surface area contributed by atoms with Gasteiger partial charge in [-0.2, -0.15) is 4.98 Å². The fourth-order valence-electron chi connectivity index (χ4n) is 3.87. The summed E-state index contributed by atoms with van der Waals surface area (Å²) in [7, 11) is 1.71. The van der Waals surface area contributed by atoms with Crippen LogP contribution in [0.5, 0.6) is 0 Å². The molecule has 0 saturated heterocycles. The highest BCUT2D eigenvalue weighted by Gasteiger charge is 2.35. The molecule has 4 rings (SSSR count). The topological polar surface area (TPSA) is 65.2 Å². The van der Waals surface area contributed by atoms with Crippen LogP contribution in [-0.2, 0) is 4.74 Å². The highest BCUT2D eigenvalue weighted by atomic mass is 35.5. The lowest BCUT2D eigenvalue weighted by Gasteiger charge is -2.34. The van der Waals surface area contributed by atoms with E-state index in [1.165, 1.54) is 11.1 Å². The Hall–Kier alpha value is -3.02. The number of halogens is 1. The van der Waals surface area contributed by atoms with Crippen molar-refractivity contribution in [1.29, 1.82) is 0 Å². The molecule has 2 aromatic carbocycles. The van der Waals surface area contributed by atoms with E-state index in [1.807, 2.05) is 30.3 Å². The molecule has 0 bridgehead atoms. The van der Waals surface area contributed by atoms with Crippen LogP contribution < -0.4 is 0 Å². The maximum atomic E-state index is 11.4. The number of hydrogen-bond donors (Lipinski definition) is 0. The van der Waals surface area contributed by atoms with Gasteiger partial charge in [-0.3, -0.25) is 4.79 Å². The van der Waals surface area contributed by atoms with Gasteiger partial charge in [0, 0.05) is 29.2 Å². The molecule has 0 radical (unpaired) electrons. The molecule has 1 aliphatic rings. The van der Waals surface area contributed by atoms with Crippen LogP contribution in [0.3, 0.4) is 0 Å². The first-order valence-corrected chi connectivity index (χ1v) is 9.98. The number of methoxy groups -OCH3 is 1. The van der Waals surface area contributed by atoms with Gasteiger partial charge in [0.15, 0.2) is 0 Å². The zero-order valence-electron chi connectivity index (χ0n) is 16.8. The van der Waals surface area contributed by atoms with E-state index in [1.54, 1.807) is 25.3 Å². The van der Waals surface area contributed by atoms with Crippen molar-refractivity contribution < 1.29 is 14.1 Å². The number of ether oxygens (including phenoxy) is 1. The summed E-state index contributed by atoms with van der Waals surface area (Å²) < 4.78 is 11.1. The summed E-state index contributed by atoms with van der Waals surface area (Å²) in [6.07, 6.45) is 4.82. The Balaban J connectivity index is 1.68. The van der Waals surface area contributed by atoms with Gasteiger partial charge in [0.05, 0.1) is 6.61 Å². The minimum absolute atomic E-state index is 0.236. The number of allylic oxidation sites excluding steroid dienone is 3. The van der Waals surface area contributed by atoms with Crippen molar-refractivity contribution in [3.63, 3.8) is 0 Å². The van der Waals surface area contributed by atoms with Gasteiger partial charge in [0.25, 0.3) is 11.1 Å². The molecule has 0 saturated carbocycles. The number of benzene rings is 2. The first kappa shape index (κ1) is 20.3. The molecule has 152 valence electrons. The average Bonchev–Trinajstić information content (AvgIpc) is 3.25. The molecule has 3 aromatic rings. The molecule has 5 nitrogen and oxygen atoms in total. The van der Waals surface area contributed by atoms with Gasteiger partial charge in [0.2, 0.25) is 5.82 Å². The molecule has 0 amide bonds. The molecular weight excluding hydrogens is 400 g/mol. The second-order valence-corrected chi connectivity index (χ2v) is 7.93. The summed E-state index contributed by atoms with van der Waals surface area (Å²) in [5, 5.41) is 3.58. The van der Waals surface area contributed by atoms with Crippen LogP contribution >= 0.6 is 11.6 Å². The van der Waals surface area contributed by atoms with Crippen LogP contribution in [0.15, 0.2) is 71.3 Å². The molecule has 0 N–H and O–H groups in total. The maximum Gasteiger partial charge on any atom is 0.254 e. The quantitative estimate of drug-likeness (QED) is 0.483. The minimum Gasteiger partial charge on any atom is -0.384 e. The molecule has 0 aliphatic heterocycles. The Bertz CT molecular complexity index is 1130. The lowest BCUT2D eigenvalue weighted by atomic mass is 9.71.